The van der Waals surface area contributed by atoms with Crippen molar-refractivity contribution in [3.8, 4) is 0 Å². The van der Waals surface area contributed by atoms with Crippen LogP contribution in [0.15, 0.2) is 42.7 Å². The van der Waals surface area contributed by atoms with Gasteiger partial charge in [0.15, 0.2) is 0 Å². The molecule has 142 valence electrons. The zero-order valence-electron chi connectivity index (χ0n) is 15.7. The first-order chi connectivity index (χ1) is 13.2. The van der Waals surface area contributed by atoms with E-state index in [2.05, 4.69) is 27.4 Å². The molecule has 1 aliphatic heterocycles. The lowest BCUT2D eigenvalue weighted by molar-refractivity contribution is 0.0953. The van der Waals surface area contributed by atoms with E-state index in [-0.39, 0.29) is 11.8 Å². The average Bonchev–Trinajstić information content (AvgIpc) is 3.23. The summed E-state index contributed by atoms with van der Waals surface area (Å²) in [6.07, 6.45) is 7.34. The van der Waals surface area contributed by atoms with Crippen LogP contribution in [0, 0.1) is 0 Å². The van der Waals surface area contributed by atoms with E-state index < -0.39 is 0 Å². The number of nitrogens with zero attached hydrogens (tertiary/aromatic N) is 2. The van der Waals surface area contributed by atoms with Crippen molar-refractivity contribution in [2.75, 3.05) is 29.9 Å². The molecule has 6 heteroatoms. The maximum Gasteiger partial charge on any atom is 0.257 e. The van der Waals surface area contributed by atoms with Gasteiger partial charge in [0.25, 0.3) is 11.8 Å². The predicted octanol–water partition coefficient (Wildman–Crippen LogP) is 3.46. The van der Waals surface area contributed by atoms with Crippen LogP contribution >= 0.6 is 0 Å². The quantitative estimate of drug-likeness (QED) is 0.736. The highest BCUT2D eigenvalue weighted by atomic mass is 16.2. The standard InChI is InChI=1S/C21H26N4O2/c1-2-3-10-23-20(26)16-13-17(15-22-14-16)21(27)24-18-6-8-19(9-7-18)25-11-4-5-12-25/h6-9,13-15H,2-5,10-12H2,1H3,(H,23,26)(H,24,27). The number of rotatable bonds is 7. The zero-order chi connectivity index (χ0) is 19.1. The minimum Gasteiger partial charge on any atom is -0.372 e. The fraction of sp³-hybridized carbons (Fsp3) is 0.381. The van der Waals surface area contributed by atoms with Crippen LogP contribution in [0.5, 0.6) is 0 Å². The van der Waals surface area contributed by atoms with E-state index in [0.29, 0.717) is 17.7 Å². The number of anilines is 2. The number of benzene rings is 1. The van der Waals surface area contributed by atoms with Crippen molar-refractivity contribution < 1.29 is 9.59 Å². The van der Waals surface area contributed by atoms with Crippen LogP contribution in [0.4, 0.5) is 11.4 Å². The second-order valence-corrected chi connectivity index (χ2v) is 6.77. The molecule has 2 amide bonds. The summed E-state index contributed by atoms with van der Waals surface area (Å²) >= 11 is 0. The number of carbonyl (C=O) groups excluding carboxylic acids is 2. The van der Waals surface area contributed by atoms with Gasteiger partial charge in [-0.05, 0) is 49.6 Å². The highest BCUT2D eigenvalue weighted by molar-refractivity contribution is 6.05. The molecule has 0 atom stereocenters. The van der Waals surface area contributed by atoms with Crippen LogP contribution in [0.3, 0.4) is 0 Å². The molecule has 0 unspecified atom stereocenters. The van der Waals surface area contributed by atoms with Crippen molar-refractivity contribution in [3.05, 3.63) is 53.9 Å². The molecular formula is C21H26N4O2. The van der Waals surface area contributed by atoms with Crippen LogP contribution in [0.2, 0.25) is 0 Å². The molecule has 2 N–H and O–H groups in total. The van der Waals surface area contributed by atoms with Crippen molar-refractivity contribution in [2.24, 2.45) is 0 Å². The van der Waals surface area contributed by atoms with Gasteiger partial charge in [-0.25, -0.2) is 0 Å². The first-order valence-corrected chi connectivity index (χ1v) is 9.57. The highest BCUT2D eigenvalue weighted by Crippen LogP contribution is 2.22. The van der Waals surface area contributed by atoms with Gasteiger partial charge in [0.1, 0.15) is 0 Å². The van der Waals surface area contributed by atoms with Crippen molar-refractivity contribution in [3.63, 3.8) is 0 Å². The van der Waals surface area contributed by atoms with Gasteiger partial charge in [-0.15, -0.1) is 0 Å². The molecule has 1 aliphatic rings. The lowest BCUT2D eigenvalue weighted by atomic mass is 10.1. The molecule has 1 saturated heterocycles. The van der Waals surface area contributed by atoms with Gasteiger partial charge in [-0.2, -0.15) is 0 Å². The fourth-order valence-electron chi connectivity index (χ4n) is 3.10. The minimum absolute atomic E-state index is 0.208. The summed E-state index contributed by atoms with van der Waals surface area (Å²) in [7, 11) is 0. The average molecular weight is 366 g/mol. The Kier molecular flexibility index (Phi) is 6.41. The maximum atomic E-state index is 12.5. The number of carbonyl (C=O) groups is 2. The first kappa shape index (κ1) is 18.9. The molecule has 6 nitrogen and oxygen atoms in total. The fourth-order valence-corrected chi connectivity index (χ4v) is 3.10. The minimum atomic E-state index is -0.278. The first-order valence-electron chi connectivity index (χ1n) is 9.57. The summed E-state index contributed by atoms with van der Waals surface area (Å²) in [5.41, 5.74) is 2.66. The normalized spacial score (nSPS) is 13.4. The van der Waals surface area contributed by atoms with Gasteiger partial charge in [0.05, 0.1) is 11.1 Å². The lowest BCUT2D eigenvalue weighted by Gasteiger charge is -2.17. The molecule has 3 rings (SSSR count). The van der Waals surface area contributed by atoms with E-state index in [1.165, 1.54) is 30.9 Å². The van der Waals surface area contributed by atoms with Crippen molar-refractivity contribution in [2.45, 2.75) is 32.6 Å². The van der Waals surface area contributed by atoms with Crippen LogP contribution in [-0.2, 0) is 0 Å². The topological polar surface area (TPSA) is 74.3 Å². The van der Waals surface area contributed by atoms with Crippen LogP contribution in [0.1, 0.15) is 53.3 Å². The van der Waals surface area contributed by atoms with Crippen molar-refractivity contribution in [1.29, 1.82) is 0 Å². The number of nitrogens with one attached hydrogen (secondary N) is 2. The molecule has 0 saturated carbocycles. The number of hydrogen-bond acceptors (Lipinski definition) is 4. The Morgan fingerprint density at radius 1 is 1.04 bits per heavy atom. The Balaban J connectivity index is 1.62. The molecule has 0 spiro atoms. The zero-order valence-corrected chi connectivity index (χ0v) is 15.7. The summed E-state index contributed by atoms with van der Waals surface area (Å²) in [5, 5.41) is 5.70. The van der Waals surface area contributed by atoms with E-state index in [1.54, 1.807) is 6.07 Å². The number of hydrogen-bond donors (Lipinski definition) is 2. The van der Waals surface area contributed by atoms with Gasteiger partial charge >= 0.3 is 0 Å². The van der Waals surface area contributed by atoms with Gasteiger partial charge in [0, 0.05) is 43.4 Å². The Hall–Kier alpha value is -2.89. The summed E-state index contributed by atoms with van der Waals surface area (Å²) < 4.78 is 0. The summed E-state index contributed by atoms with van der Waals surface area (Å²) in [6.45, 7) is 4.86. The monoisotopic (exact) mass is 366 g/mol. The van der Waals surface area contributed by atoms with Crippen LogP contribution < -0.4 is 15.5 Å². The Morgan fingerprint density at radius 2 is 1.70 bits per heavy atom. The van der Waals surface area contributed by atoms with Gasteiger partial charge in [-0.1, -0.05) is 13.3 Å². The third kappa shape index (κ3) is 5.06. The van der Waals surface area contributed by atoms with Crippen molar-refractivity contribution >= 4 is 23.2 Å². The van der Waals surface area contributed by atoms with E-state index in [9.17, 15) is 9.59 Å². The van der Waals surface area contributed by atoms with Gasteiger partial charge in [0.2, 0.25) is 0 Å². The maximum absolute atomic E-state index is 12.5. The Bertz CT molecular complexity index is 783. The molecule has 0 aliphatic carbocycles. The predicted molar refractivity (Wildman–Crippen MR) is 107 cm³/mol. The number of pyridine rings is 1. The molecule has 0 radical (unpaired) electrons. The number of unbranched alkanes of at least 4 members (excludes halogenated alkanes) is 1. The molecule has 27 heavy (non-hydrogen) atoms. The molecule has 1 aromatic heterocycles. The molecule has 2 aromatic rings. The van der Waals surface area contributed by atoms with E-state index in [1.807, 2.05) is 24.3 Å². The highest BCUT2D eigenvalue weighted by Gasteiger charge is 2.13. The number of amides is 2. The third-order valence-corrected chi connectivity index (χ3v) is 4.67. The smallest absolute Gasteiger partial charge is 0.257 e. The van der Waals surface area contributed by atoms with E-state index in [0.717, 1.165) is 31.6 Å². The summed E-state index contributed by atoms with van der Waals surface area (Å²) in [4.78, 5) is 31.0. The lowest BCUT2D eigenvalue weighted by Crippen LogP contribution is -2.25. The number of aromatic nitrogens is 1. The Morgan fingerprint density at radius 3 is 2.37 bits per heavy atom. The van der Waals surface area contributed by atoms with E-state index >= 15 is 0 Å². The van der Waals surface area contributed by atoms with Gasteiger partial charge in [-0.3, -0.25) is 14.6 Å². The van der Waals surface area contributed by atoms with Crippen LogP contribution in [0.25, 0.3) is 0 Å². The van der Waals surface area contributed by atoms with Gasteiger partial charge < -0.3 is 15.5 Å². The molecule has 0 bridgehead atoms. The third-order valence-electron chi connectivity index (χ3n) is 4.67. The summed E-state index contributed by atoms with van der Waals surface area (Å²) in [5.74, 6) is -0.486. The molecular weight excluding hydrogens is 340 g/mol. The summed E-state index contributed by atoms with van der Waals surface area (Å²) in [6, 6.07) is 9.43. The molecule has 1 aromatic carbocycles. The van der Waals surface area contributed by atoms with Crippen LogP contribution in [-0.4, -0.2) is 36.4 Å². The largest absolute Gasteiger partial charge is 0.372 e. The van der Waals surface area contributed by atoms with Crippen molar-refractivity contribution in [1.82, 2.24) is 10.3 Å². The second kappa shape index (κ2) is 9.16. The molecule has 2 heterocycles. The SMILES string of the molecule is CCCCNC(=O)c1cncc(C(=O)Nc2ccc(N3CCCC3)cc2)c1. The molecule has 1 fully saturated rings. The Labute approximate surface area is 160 Å². The second-order valence-electron chi connectivity index (χ2n) is 6.77. The van der Waals surface area contributed by atoms with E-state index in [4.69, 9.17) is 0 Å².